The highest BCUT2D eigenvalue weighted by molar-refractivity contribution is 7.89. The number of primary sulfonamides is 1. The lowest BCUT2D eigenvalue weighted by atomic mass is 9.98. The molecule has 0 bridgehead atoms. The molecular formula is C14H19N3O5S. The van der Waals surface area contributed by atoms with Gasteiger partial charge in [0.2, 0.25) is 15.9 Å². The van der Waals surface area contributed by atoms with Crippen molar-refractivity contribution in [1.82, 2.24) is 4.90 Å². The number of likely N-dealkylation sites (tertiary alicyclic amines) is 1. The van der Waals surface area contributed by atoms with E-state index in [1.165, 1.54) is 24.3 Å². The molecule has 0 aromatic heterocycles. The van der Waals surface area contributed by atoms with Crippen LogP contribution in [-0.4, -0.2) is 49.9 Å². The molecule has 126 valence electrons. The van der Waals surface area contributed by atoms with Gasteiger partial charge in [0.25, 0.3) is 0 Å². The number of nitrogens with zero attached hydrogens (tertiary/aromatic N) is 1. The van der Waals surface area contributed by atoms with Crippen LogP contribution in [0.25, 0.3) is 0 Å². The molecule has 0 aliphatic carbocycles. The second-order valence-corrected chi connectivity index (χ2v) is 7.09. The third-order valence-electron chi connectivity index (χ3n) is 3.69. The largest absolute Gasteiger partial charge is 0.481 e. The van der Waals surface area contributed by atoms with Gasteiger partial charge >= 0.3 is 5.97 Å². The Kier molecular flexibility index (Phi) is 5.34. The molecule has 9 heteroatoms. The van der Waals surface area contributed by atoms with Gasteiger partial charge in [0.1, 0.15) is 0 Å². The van der Waals surface area contributed by atoms with Gasteiger partial charge in [0.05, 0.1) is 17.4 Å². The van der Waals surface area contributed by atoms with Crippen LogP contribution in [-0.2, 0) is 19.6 Å². The van der Waals surface area contributed by atoms with Gasteiger partial charge in [-0.2, -0.15) is 0 Å². The first-order chi connectivity index (χ1) is 10.8. The molecule has 1 aromatic rings. The standard InChI is InChI=1S/C14H19N3O5S/c15-23(21,22)12-5-3-11(4-6-12)16-13(18)9-17-7-1-2-10(8-17)14(19)20/h3-6,10H,1-2,7-9H2,(H,16,18)(H,19,20)(H2,15,21,22). The van der Waals surface area contributed by atoms with Crippen molar-refractivity contribution in [2.24, 2.45) is 11.1 Å². The summed E-state index contributed by atoms with van der Waals surface area (Å²) in [7, 11) is -3.76. The van der Waals surface area contributed by atoms with Gasteiger partial charge in [-0.05, 0) is 43.7 Å². The third kappa shape index (κ3) is 5.02. The van der Waals surface area contributed by atoms with Crippen molar-refractivity contribution in [1.29, 1.82) is 0 Å². The summed E-state index contributed by atoms with van der Waals surface area (Å²) in [6.07, 6.45) is 1.37. The maximum absolute atomic E-state index is 12.0. The first kappa shape index (κ1) is 17.4. The van der Waals surface area contributed by atoms with Crippen LogP contribution in [0.4, 0.5) is 5.69 Å². The predicted molar refractivity (Wildman–Crippen MR) is 83.2 cm³/mol. The molecular weight excluding hydrogens is 322 g/mol. The summed E-state index contributed by atoms with van der Waals surface area (Å²) in [5.74, 6) is -1.56. The van der Waals surface area contributed by atoms with Gasteiger partial charge in [0, 0.05) is 12.2 Å². The van der Waals surface area contributed by atoms with Gasteiger partial charge in [0.15, 0.2) is 0 Å². The van der Waals surface area contributed by atoms with E-state index in [0.717, 1.165) is 6.42 Å². The minimum Gasteiger partial charge on any atom is -0.481 e. The van der Waals surface area contributed by atoms with E-state index in [1.807, 2.05) is 0 Å². The summed E-state index contributed by atoms with van der Waals surface area (Å²) in [5, 5.41) is 16.7. The first-order valence-electron chi connectivity index (χ1n) is 7.13. The second-order valence-electron chi connectivity index (χ2n) is 5.53. The van der Waals surface area contributed by atoms with Gasteiger partial charge in [-0.3, -0.25) is 14.5 Å². The Labute approximate surface area is 134 Å². The summed E-state index contributed by atoms with van der Waals surface area (Å²) < 4.78 is 22.3. The maximum Gasteiger partial charge on any atom is 0.307 e. The molecule has 1 aromatic carbocycles. The van der Waals surface area contributed by atoms with E-state index in [2.05, 4.69) is 5.32 Å². The Morgan fingerprint density at radius 3 is 2.52 bits per heavy atom. The lowest BCUT2D eigenvalue weighted by molar-refractivity contribution is -0.144. The van der Waals surface area contributed by atoms with Crippen molar-refractivity contribution in [3.63, 3.8) is 0 Å². The number of nitrogens with one attached hydrogen (secondary N) is 1. The van der Waals surface area contributed by atoms with Gasteiger partial charge < -0.3 is 10.4 Å². The fraction of sp³-hybridized carbons (Fsp3) is 0.429. The molecule has 1 aliphatic rings. The molecule has 1 atom stereocenters. The Morgan fingerprint density at radius 1 is 1.30 bits per heavy atom. The monoisotopic (exact) mass is 341 g/mol. The van der Waals surface area contributed by atoms with Crippen molar-refractivity contribution in [2.75, 3.05) is 25.0 Å². The normalized spacial score (nSPS) is 19.3. The van der Waals surface area contributed by atoms with E-state index in [9.17, 15) is 18.0 Å². The Hall–Kier alpha value is -1.97. The van der Waals surface area contributed by atoms with Crippen LogP contribution in [0.1, 0.15) is 12.8 Å². The fourth-order valence-corrected chi connectivity index (χ4v) is 3.05. The van der Waals surface area contributed by atoms with Crippen molar-refractivity contribution in [2.45, 2.75) is 17.7 Å². The summed E-state index contributed by atoms with van der Waals surface area (Å²) in [6.45, 7) is 1.13. The maximum atomic E-state index is 12.0. The molecule has 1 saturated heterocycles. The van der Waals surface area contributed by atoms with E-state index in [1.54, 1.807) is 4.90 Å². The average Bonchev–Trinajstić information content (AvgIpc) is 2.47. The number of hydrogen-bond donors (Lipinski definition) is 3. The number of carbonyl (C=O) groups excluding carboxylic acids is 1. The van der Waals surface area contributed by atoms with E-state index in [0.29, 0.717) is 25.2 Å². The molecule has 8 nitrogen and oxygen atoms in total. The van der Waals surface area contributed by atoms with Crippen molar-refractivity contribution in [3.05, 3.63) is 24.3 Å². The van der Waals surface area contributed by atoms with Crippen LogP contribution in [0.3, 0.4) is 0 Å². The number of hydrogen-bond acceptors (Lipinski definition) is 5. The van der Waals surface area contributed by atoms with E-state index in [-0.39, 0.29) is 17.3 Å². The molecule has 23 heavy (non-hydrogen) atoms. The minimum absolute atomic E-state index is 0.0316. The number of rotatable bonds is 5. The Balaban J connectivity index is 1.91. The molecule has 1 fully saturated rings. The van der Waals surface area contributed by atoms with Gasteiger partial charge in [-0.25, -0.2) is 13.6 Å². The van der Waals surface area contributed by atoms with Gasteiger partial charge in [-0.1, -0.05) is 0 Å². The SMILES string of the molecule is NS(=O)(=O)c1ccc(NC(=O)CN2CCCC(C(=O)O)C2)cc1. The number of anilines is 1. The summed E-state index contributed by atoms with van der Waals surface area (Å²) in [6, 6.07) is 5.53. The average molecular weight is 341 g/mol. The highest BCUT2D eigenvalue weighted by Gasteiger charge is 2.26. The molecule has 1 unspecified atom stereocenters. The number of amides is 1. The highest BCUT2D eigenvalue weighted by atomic mass is 32.2. The van der Waals surface area contributed by atoms with Crippen molar-refractivity contribution < 1.29 is 23.1 Å². The molecule has 0 saturated carbocycles. The zero-order valence-electron chi connectivity index (χ0n) is 12.4. The molecule has 1 aliphatic heterocycles. The Bertz CT molecular complexity index is 687. The molecule has 4 N–H and O–H groups in total. The smallest absolute Gasteiger partial charge is 0.307 e. The fourth-order valence-electron chi connectivity index (χ4n) is 2.53. The van der Waals surface area contributed by atoms with Crippen LogP contribution in [0.15, 0.2) is 29.2 Å². The van der Waals surface area contributed by atoms with Crippen LogP contribution in [0.2, 0.25) is 0 Å². The van der Waals surface area contributed by atoms with Gasteiger partial charge in [-0.15, -0.1) is 0 Å². The lowest BCUT2D eigenvalue weighted by Crippen LogP contribution is -2.42. The molecule has 1 amide bonds. The van der Waals surface area contributed by atoms with Crippen LogP contribution >= 0.6 is 0 Å². The van der Waals surface area contributed by atoms with Crippen LogP contribution in [0.5, 0.6) is 0 Å². The molecule has 0 spiro atoms. The number of carboxylic acid groups (broad SMARTS) is 1. The quantitative estimate of drug-likeness (QED) is 0.695. The zero-order valence-corrected chi connectivity index (χ0v) is 13.3. The van der Waals surface area contributed by atoms with Crippen molar-refractivity contribution in [3.8, 4) is 0 Å². The number of carbonyl (C=O) groups is 2. The molecule has 1 heterocycles. The highest BCUT2D eigenvalue weighted by Crippen LogP contribution is 2.17. The second kappa shape index (κ2) is 7.07. The summed E-state index contributed by atoms with van der Waals surface area (Å²) >= 11 is 0. The van der Waals surface area contributed by atoms with E-state index in [4.69, 9.17) is 10.2 Å². The number of aliphatic carboxylic acids is 1. The number of benzene rings is 1. The molecule has 0 radical (unpaired) electrons. The summed E-state index contributed by atoms with van der Waals surface area (Å²) in [4.78, 5) is 24.8. The number of nitrogens with two attached hydrogens (primary N) is 1. The first-order valence-corrected chi connectivity index (χ1v) is 8.68. The van der Waals surface area contributed by atoms with Crippen molar-refractivity contribution >= 4 is 27.6 Å². The van der Waals surface area contributed by atoms with Crippen LogP contribution < -0.4 is 10.5 Å². The Morgan fingerprint density at radius 2 is 1.96 bits per heavy atom. The van der Waals surface area contributed by atoms with Crippen LogP contribution in [0, 0.1) is 5.92 Å². The third-order valence-corrected chi connectivity index (χ3v) is 4.62. The van der Waals surface area contributed by atoms with E-state index >= 15 is 0 Å². The topological polar surface area (TPSA) is 130 Å². The predicted octanol–water partition coefficient (Wildman–Crippen LogP) is 0.0691. The number of piperidine rings is 1. The number of carboxylic acids is 1. The van der Waals surface area contributed by atoms with E-state index < -0.39 is 21.9 Å². The molecule has 2 rings (SSSR count). The lowest BCUT2D eigenvalue weighted by Gasteiger charge is -2.29. The number of sulfonamides is 1. The minimum atomic E-state index is -3.76. The summed E-state index contributed by atoms with van der Waals surface area (Å²) in [5.41, 5.74) is 0.453. The zero-order chi connectivity index (χ0) is 17.0.